The average Bonchev–Trinajstić information content (AvgIpc) is 3.41. The van der Waals surface area contributed by atoms with Gasteiger partial charge in [-0.05, 0) is 48.2 Å². The molecular weight excluding hydrogens is 658 g/mol. The minimum atomic E-state index is -2.90. The van der Waals surface area contributed by atoms with Gasteiger partial charge in [0.25, 0.3) is 5.92 Å². The van der Waals surface area contributed by atoms with E-state index in [4.69, 9.17) is 26.1 Å². The summed E-state index contributed by atoms with van der Waals surface area (Å²) in [5.41, 5.74) is -0.755. The SMILES string of the molecule is O=C(C1CC1(F)F)N1CC2(CCCC3COc4c(Cl)c(Br)c(F)c5nc(OC[C@@]67CCCN6C[C@H](F)C7)nc(c45)N3C2)C1. The number of carbonyl (C=O) groups excluding carboxylic acids is 1. The van der Waals surface area contributed by atoms with Gasteiger partial charge in [0, 0.05) is 44.4 Å². The number of amides is 1. The van der Waals surface area contributed by atoms with Crippen LogP contribution in [0, 0.1) is 17.2 Å². The molecule has 5 aliphatic heterocycles. The number of ether oxygens (including phenoxy) is 2. The van der Waals surface area contributed by atoms with Crippen molar-refractivity contribution in [2.24, 2.45) is 11.3 Å². The number of likely N-dealkylation sites (tertiary alicyclic amines) is 1. The smallest absolute Gasteiger partial charge is 0.319 e. The molecular formula is C29H31BrClF4N5O3. The molecule has 0 bridgehead atoms. The lowest BCUT2D eigenvalue weighted by atomic mass is 9.75. The van der Waals surface area contributed by atoms with Crippen molar-refractivity contribution < 1.29 is 31.8 Å². The van der Waals surface area contributed by atoms with Crippen molar-refractivity contribution in [3.05, 3.63) is 15.3 Å². The van der Waals surface area contributed by atoms with E-state index in [1.54, 1.807) is 4.90 Å². The van der Waals surface area contributed by atoms with Crippen molar-refractivity contribution in [1.29, 1.82) is 0 Å². The van der Waals surface area contributed by atoms with Gasteiger partial charge >= 0.3 is 6.01 Å². The van der Waals surface area contributed by atoms with E-state index >= 15 is 4.39 Å². The van der Waals surface area contributed by atoms with Crippen LogP contribution in [0.15, 0.2) is 4.47 Å². The fourth-order valence-electron chi connectivity index (χ4n) is 8.18. The minimum Gasteiger partial charge on any atom is -0.489 e. The number of halogens is 6. The summed E-state index contributed by atoms with van der Waals surface area (Å²) in [6.45, 7) is 2.90. The highest BCUT2D eigenvalue weighted by Crippen LogP contribution is 2.53. The summed E-state index contributed by atoms with van der Waals surface area (Å²) in [6.07, 6.45) is 3.24. The molecule has 1 aromatic heterocycles. The third-order valence-corrected chi connectivity index (χ3v) is 11.8. The molecule has 4 saturated heterocycles. The number of benzene rings is 1. The van der Waals surface area contributed by atoms with E-state index in [1.807, 2.05) is 0 Å². The molecule has 1 aromatic carbocycles. The molecule has 1 amide bonds. The fourth-order valence-corrected chi connectivity index (χ4v) is 8.78. The predicted octanol–water partition coefficient (Wildman–Crippen LogP) is 5.38. The minimum absolute atomic E-state index is 0.00201. The van der Waals surface area contributed by atoms with Crippen LogP contribution in [0.5, 0.6) is 11.8 Å². The van der Waals surface area contributed by atoms with E-state index in [2.05, 4.69) is 30.7 Å². The summed E-state index contributed by atoms with van der Waals surface area (Å²) < 4.78 is 69.9. The Kier molecular flexibility index (Phi) is 6.39. The van der Waals surface area contributed by atoms with Crippen molar-refractivity contribution >= 4 is 50.2 Å². The van der Waals surface area contributed by atoms with Crippen molar-refractivity contribution in [2.45, 2.75) is 68.6 Å². The summed E-state index contributed by atoms with van der Waals surface area (Å²) in [5, 5.41) is 0.426. The van der Waals surface area contributed by atoms with Gasteiger partial charge < -0.3 is 19.3 Å². The average molecular weight is 689 g/mol. The second-order valence-electron chi connectivity index (χ2n) is 13.4. The van der Waals surface area contributed by atoms with Crippen LogP contribution in [-0.4, -0.2) is 95.3 Å². The van der Waals surface area contributed by atoms with Crippen LogP contribution in [0.2, 0.25) is 5.02 Å². The molecule has 5 fully saturated rings. The number of aromatic nitrogens is 2. The molecule has 1 aliphatic carbocycles. The van der Waals surface area contributed by atoms with E-state index in [1.165, 1.54) is 0 Å². The van der Waals surface area contributed by atoms with E-state index in [-0.39, 0.29) is 57.9 Å². The molecule has 8 rings (SSSR count). The van der Waals surface area contributed by atoms with E-state index in [9.17, 15) is 18.0 Å². The van der Waals surface area contributed by atoms with Crippen LogP contribution in [0.25, 0.3) is 10.9 Å². The third-order valence-electron chi connectivity index (χ3n) is 10.5. The normalized spacial score (nSPS) is 32.1. The first kappa shape index (κ1) is 28.4. The standard InChI is InChI=1S/C29H31BrClF4N5O3/c30-19-20(31)23-18-22(21(19)33)36-26(43-14-28-5-2-6-39(28)9-15(32)7-28)37-24(18)40-13-27(4-1-3-16(40)10-42-23)11-38(12-27)25(41)17-8-29(17,34)35/h15-17H,1-14H2/t15-,16?,17?,28+/m1/s1. The largest absolute Gasteiger partial charge is 0.489 e. The molecule has 0 radical (unpaired) electrons. The maximum atomic E-state index is 15.8. The van der Waals surface area contributed by atoms with Crippen LogP contribution in [0.4, 0.5) is 23.4 Å². The molecule has 6 heterocycles. The number of nitrogens with zero attached hydrogens (tertiary/aromatic N) is 5. The zero-order valence-corrected chi connectivity index (χ0v) is 25.7. The van der Waals surface area contributed by atoms with Crippen molar-refractivity contribution in [3.8, 4) is 11.8 Å². The van der Waals surface area contributed by atoms with Crippen LogP contribution < -0.4 is 14.4 Å². The molecule has 8 nitrogen and oxygen atoms in total. The van der Waals surface area contributed by atoms with Gasteiger partial charge in [-0.25, -0.2) is 17.6 Å². The van der Waals surface area contributed by atoms with Gasteiger partial charge in [0.1, 0.15) is 41.7 Å². The fraction of sp³-hybridized carbons (Fsp3) is 0.690. The number of hydrogen-bond acceptors (Lipinski definition) is 7. The van der Waals surface area contributed by atoms with E-state index < -0.39 is 35.3 Å². The molecule has 232 valence electrons. The summed E-state index contributed by atoms with van der Waals surface area (Å²) >= 11 is 9.85. The maximum Gasteiger partial charge on any atom is 0.319 e. The lowest BCUT2D eigenvalue weighted by Gasteiger charge is -2.52. The van der Waals surface area contributed by atoms with Gasteiger partial charge in [0.15, 0.2) is 11.6 Å². The van der Waals surface area contributed by atoms with Gasteiger partial charge in [0.2, 0.25) is 5.91 Å². The van der Waals surface area contributed by atoms with Crippen molar-refractivity contribution in [2.75, 3.05) is 50.8 Å². The summed E-state index contributed by atoms with van der Waals surface area (Å²) in [4.78, 5) is 27.8. The van der Waals surface area contributed by atoms with Crippen LogP contribution in [0.3, 0.4) is 0 Å². The van der Waals surface area contributed by atoms with Gasteiger partial charge in [-0.2, -0.15) is 9.97 Å². The summed E-state index contributed by atoms with van der Waals surface area (Å²) in [5.74, 6) is -4.55. The number of alkyl halides is 3. The molecule has 1 spiro atoms. The lowest BCUT2D eigenvalue weighted by Crippen LogP contribution is -2.63. The maximum absolute atomic E-state index is 15.8. The first-order chi connectivity index (χ1) is 20.5. The Labute approximate surface area is 259 Å². The Morgan fingerprint density at radius 2 is 1.95 bits per heavy atom. The van der Waals surface area contributed by atoms with Crippen LogP contribution in [-0.2, 0) is 4.79 Å². The third kappa shape index (κ3) is 4.41. The number of anilines is 1. The Morgan fingerprint density at radius 1 is 1.16 bits per heavy atom. The van der Waals surface area contributed by atoms with Gasteiger partial charge in [0.05, 0.1) is 21.4 Å². The first-order valence-corrected chi connectivity index (χ1v) is 16.1. The number of fused-ring (bicyclic) bond motifs is 3. The van der Waals surface area contributed by atoms with Gasteiger partial charge in [-0.15, -0.1) is 0 Å². The van der Waals surface area contributed by atoms with Crippen molar-refractivity contribution in [3.63, 3.8) is 0 Å². The molecule has 43 heavy (non-hydrogen) atoms. The first-order valence-electron chi connectivity index (χ1n) is 15.0. The van der Waals surface area contributed by atoms with E-state index in [0.717, 1.165) is 38.6 Å². The number of carbonyl (C=O) groups is 1. The Morgan fingerprint density at radius 3 is 2.72 bits per heavy atom. The van der Waals surface area contributed by atoms with Crippen LogP contribution >= 0.6 is 27.5 Å². The molecule has 4 atom stereocenters. The zero-order chi connectivity index (χ0) is 29.9. The van der Waals surface area contributed by atoms with Crippen molar-refractivity contribution in [1.82, 2.24) is 19.8 Å². The highest BCUT2D eigenvalue weighted by Gasteiger charge is 2.64. The molecule has 6 aliphatic rings. The number of hydrogen-bond donors (Lipinski definition) is 0. The Balaban J connectivity index is 1.15. The van der Waals surface area contributed by atoms with Crippen LogP contribution in [0.1, 0.15) is 44.9 Å². The molecule has 0 N–H and O–H groups in total. The topological polar surface area (TPSA) is 71.0 Å². The monoisotopic (exact) mass is 687 g/mol. The lowest BCUT2D eigenvalue weighted by molar-refractivity contribution is -0.147. The van der Waals surface area contributed by atoms with Gasteiger partial charge in [-0.3, -0.25) is 9.69 Å². The molecule has 2 unspecified atom stereocenters. The van der Waals surface area contributed by atoms with Gasteiger partial charge in [-0.1, -0.05) is 18.0 Å². The quantitative estimate of drug-likeness (QED) is 0.316. The van der Waals surface area contributed by atoms with E-state index in [0.29, 0.717) is 43.8 Å². The molecule has 14 heteroatoms. The Hall–Kier alpha value is -2.12. The predicted molar refractivity (Wildman–Crippen MR) is 153 cm³/mol. The second-order valence-corrected chi connectivity index (χ2v) is 14.6. The molecule has 2 aromatic rings. The second kappa shape index (κ2) is 9.69. The summed E-state index contributed by atoms with van der Waals surface area (Å²) in [6, 6.07) is -0.135. The Bertz CT molecular complexity index is 1530. The summed E-state index contributed by atoms with van der Waals surface area (Å²) in [7, 11) is 0. The highest BCUT2D eigenvalue weighted by molar-refractivity contribution is 9.10. The highest BCUT2D eigenvalue weighted by atomic mass is 79.9. The zero-order valence-electron chi connectivity index (χ0n) is 23.4. The number of rotatable bonds is 4. The molecule has 1 saturated carbocycles.